The summed E-state index contributed by atoms with van der Waals surface area (Å²) >= 11 is 1.61. The number of fused-ring (bicyclic) bond motifs is 1. The molecule has 1 saturated heterocycles. The van der Waals surface area contributed by atoms with Crippen LogP contribution in [0.5, 0.6) is 5.75 Å². The Balaban J connectivity index is 1.57. The van der Waals surface area contributed by atoms with Gasteiger partial charge in [-0.15, -0.1) is 11.3 Å². The Morgan fingerprint density at radius 1 is 1.07 bits per heavy atom. The lowest BCUT2D eigenvalue weighted by Gasteiger charge is -2.23. The predicted octanol–water partition coefficient (Wildman–Crippen LogP) is 3.16. The monoisotopic (exact) mass is 432 g/mol. The van der Waals surface area contributed by atoms with Gasteiger partial charge in [0.2, 0.25) is 10.0 Å². The highest BCUT2D eigenvalue weighted by Crippen LogP contribution is 2.29. The first-order valence-electron chi connectivity index (χ1n) is 9.66. The predicted molar refractivity (Wildman–Crippen MR) is 115 cm³/mol. The number of methoxy groups -OCH3 is 1. The standard InChI is InChI=1S/C20H24N4O3S2/c1-3-18-21-19(17-9-14-28-20(17)22-18)23-10-4-11-24(13-12-23)29(25,26)16-7-5-15(27-2)6-8-16/h5-9,14H,3-4,10-13H2,1-2H3. The number of hydrogen-bond donors (Lipinski definition) is 0. The van der Waals surface area contributed by atoms with E-state index in [0.717, 1.165) is 41.2 Å². The number of ether oxygens (including phenoxy) is 1. The number of anilines is 1. The molecule has 29 heavy (non-hydrogen) atoms. The number of benzene rings is 1. The third kappa shape index (κ3) is 3.94. The van der Waals surface area contributed by atoms with Gasteiger partial charge in [0, 0.05) is 32.6 Å². The molecule has 0 saturated carbocycles. The van der Waals surface area contributed by atoms with E-state index in [1.165, 1.54) is 0 Å². The first-order chi connectivity index (χ1) is 14.0. The molecule has 0 N–H and O–H groups in total. The number of thiophene rings is 1. The van der Waals surface area contributed by atoms with E-state index in [1.54, 1.807) is 47.0 Å². The highest BCUT2D eigenvalue weighted by molar-refractivity contribution is 7.89. The molecule has 1 aliphatic heterocycles. The smallest absolute Gasteiger partial charge is 0.243 e. The molecule has 0 atom stereocenters. The van der Waals surface area contributed by atoms with Gasteiger partial charge in [-0.2, -0.15) is 4.31 Å². The first-order valence-corrected chi connectivity index (χ1v) is 12.0. The van der Waals surface area contributed by atoms with Crippen molar-refractivity contribution in [2.75, 3.05) is 38.2 Å². The van der Waals surface area contributed by atoms with Gasteiger partial charge in [-0.05, 0) is 42.1 Å². The van der Waals surface area contributed by atoms with Gasteiger partial charge in [0.1, 0.15) is 22.2 Å². The molecule has 0 radical (unpaired) electrons. The van der Waals surface area contributed by atoms with E-state index < -0.39 is 10.0 Å². The molecule has 1 fully saturated rings. The molecule has 3 heterocycles. The Morgan fingerprint density at radius 3 is 2.59 bits per heavy atom. The maximum Gasteiger partial charge on any atom is 0.243 e. The van der Waals surface area contributed by atoms with Crippen LogP contribution >= 0.6 is 11.3 Å². The SMILES string of the molecule is CCc1nc(N2CCCN(S(=O)(=O)c3ccc(OC)cc3)CC2)c2ccsc2n1. The second kappa shape index (κ2) is 8.25. The van der Waals surface area contributed by atoms with Crippen LogP contribution in [0.2, 0.25) is 0 Å². The molecule has 2 aromatic heterocycles. The van der Waals surface area contributed by atoms with Crippen LogP contribution in [-0.4, -0.2) is 56.0 Å². The van der Waals surface area contributed by atoms with Crippen LogP contribution < -0.4 is 9.64 Å². The van der Waals surface area contributed by atoms with Crippen molar-refractivity contribution in [3.05, 3.63) is 41.5 Å². The molecular formula is C20H24N4O3S2. The summed E-state index contributed by atoms with van der Waals surface area (Å²) in [5.41, 5.74) is 0. The third-order valence-electron chi connectivity index (χ3n) is 5.12. The highest BCUT2D eigenvalue weighted by Gasteiger charge is 2.28. The van der Waals surface area contributed by atoms with Crippen LogP contribution in [0.15, 0.2) is 40.6 Å². The molecule has 1 aliphatic rings. The van der Waals surface area contributed by atoms with Gasteiger partial charge in [-0.1, -0.05) is 6.92 Å². The lowest BCUT2D eigenvalue weighted by molar-refractivity contribution is 0.413. The number of hydrogen-bond acceptors (Lipinski definition) is 7. The van der Waals surface area contributed by atoms with Crippen molar-refractivity contribution in [3.63, 3.8) is 0 Å². The first kappa shape index (κ1) is 20.1. The second-order valence-corrected chi connectivity index (χ2v) is 9.71. The van der Waals surface area contributed by atoms with Crippen molar-refractivity contribution in [1.82, 2.24) is 14.3 Å². The molecule has 0 spiro atoms. The van der Waals surface area contributed by atoms with Crippen molar-refractivity contribution in [2.24, 2.45) is 0 Å². The minimum absolute atomic E-state index is 0.294. The zero-order valence-corrected chi connectivity index (χ0v) is 18.2. The van der Waals surface area contributed by atoms with Crippen LogP contribution in [0.3, 0.4) is 0 Å². The summed E-state index contributed by atoms with van der Waals surface area (Å²) in [6, 6.07) is 8.60. The van der Waals surface area contributed by atoms with Gasteiger partial charge >= 0.3 is 0 Å². The molecule has 0 amide bonds. The summed E-state index contributed by atoms with van der Waals surface area (Å²) in [7, 11) is -1.98. The highest BCUT2D eigenvalue weighted by atomic mass is 32.2. The maximum absolute atomic E-state index is 13.1. The largest absolute Gasteiger partial charge is 0.497 e. The van der Waals surface area contributed by atoms with Gasteiger partial charge < -0.3 is 9.64 Å². The Morgan fingerprint density at radius 2 is 1.86 bits per heavy atom. The molecule has 154 valence electrons. The lowest BCUT2D eigenvalue weighted by Crippen LogP contribution is -2.35. The summed E-state index contributed by atoms with van der Waals surface area (Å²) in [6.07, 6.45) is 1.51. The van der Waals surface area contributed by atoms with Crippen molar-refractivity contribution in [3.8, 4) is 5.75 Å². The number of nitrogens with zero attached hydrogens (tertiary/aromatic N) is 4. The number of sulfonamides is 1. The van der Waals surface area contributed by atoms with Crippen LogP contribution in [0.1, 0.15) is 19.2 Å². The fourth-order valence-corrected chi connectivity index (χ4v) is 5.77. The Bertz CT molecular complexity index is 1100. The van der Waals surface area contributed by atoms with E-state index in [0.29, 0.717) is 30.3 Å². The van der Waals surface area contributed by atoms with Crippen molar-refractivity contribution in [1.29, 1.82) is 0 Å². The Kier molecular flexibility index (Phi) is 5.71. The van der Waals surface area contributed by atoms with Crippen LogP contribution in [0.25, 0.3) is 10.2 Å². The van der Waals surface area contributed by atoms with E-state index in [-0.39, 0.29) is 0 Å². The van der Waals surface area contributed by atoms with Crippen LogP contribution in [0, 0.1) is 0 Å². The summed E-state index contributed by atoms with van der Waals surface area (Å²) in [4.78, 5) is 12.8. The van der Waals surface area contributed by atoms with Gasteiger partial charge in [-0.3, -0.25) is 0 Å². The van der Waals surface area contributed by atoms with E-state index >= 15 is 0 Å². The molecule has 4 rings (SSSR count). The quantitative estimate of drug-likeness (QED) is 0.616. The number of aromatic nitrogens is 2. The molecule has 0 unspecified atom stereocenters. The zero-order chi connectivity index (χ0) is 20.4. The van der Waals surface area contributed by atoms with Gasteiger partial charge in [0.05, 0.1) is 17.4 Å². The average Bonchev–Trinajstić information content (AvgIpc) is 3.08. The van der Waals surface area contributed by atoms with Crippen LogP contribution in [-0.2, 0) is 16.4 Å². The minimum atomic E-state index is -3.54. The van der Waals surface area contributed by atoms with E-state index in [4.69, 9.17) is 9.72 Å². The van der Waals surface area contributed by atoms with Gasteiger partial charge in [0.25, 0.3) is 0 Å². The lowest BCUT2D eigenvalue weighted by atomic mass is 10.3. The second-order valence-electron chi connectivity index (χ2n) is 6.88. The summed E-state index contributed by atoms with van der Waals surface area (Å²) in [5, 5.41) is 3.07. The topological polar surface area (TPSA) is 75.6 Å². The average molecular weight is 433 g/mol. The minimum Gasteiger partial charge on any atom is -0.497 e. The van der Waals surface area contributed by atoms with E-state index in [1.807, 2.05) is 18.4 Å². The van der Waals surface area contributed by atoms with Crippen LogP contribution in [0.4, 0.5) is 5.82 Å². The molecule has 0 bridgehead atoms. The normalized spacial score (nSPS) is 16.1. The van der Waals surface area contributed by atoms with Crippen molar-refractivity contribution < 1.29 is 13.2 Å². The molecule has 9 heteroatoms. The van der Waals surface area contributed by atoms with E-state index in [9.17, 15) is 8.42 Å². The maximum atomic E-state index is 13.1. The fraction of sp³-hybridized carbons (Fsp3) is 0.400. The molecule has 3 aromatic rings. The molecule has 0 aliphatic carbocycles. The zero-order valence-electron chi connectivity index (χ0n) is 16.5. The number of rotatable bonds is 5. The molecular weight excluding hydrogens is 408 g/mol. The fourth-order valence-electron chi connectivity index (χ4n) is 3.52. The Labute approximate surface area is 175 Å². The van der Waals surface area contributed by atoms with Gasteiger partial charge in [0.15, 0.2) is 0 Å². The van der Waals surface area contributed by atoms with Gasteiger partial charge in [-0.25, -0.2) is 18.4 Å². The summed E-state index contributed by atoms with van der Waals surface area (Å²) in [6.45, 7) is 4.32. The summed E-state index contributed by atoms with van der Waals surface area (Å²) in [5.74, 6) is 2.37. The number of aryl methyl sites for hydroxylation is 1. The van der Waals surface area contributed by atoms with Crippen molar-refractivity contribution in [2.45, 2.75) is 24.7 Å². The Hall–Kier alpha value is -2.23. The van der Waals surface area contributed by atoms with Crippen molar-refractivity contribution >= 4 is 37.4 Å². The summed E-state index contributed by atoms with van der Waals surface area (Å²) < 4.78 is 32.9. The van der Waals surface area contributed by atoms with E-state index in [2.05, 4.69) is 9.88 Å². The third-order valence-corrected chi connectivity index (χ3v) is 7.84. The molecule has 1 aromatic carbocycles. The molecule has 7 nitrogen and oxygen atoms in total.